The molecule has 0 bridgehead atoms. The van der Waals surface area contributed by atoms with E-state index in [-0.39, 0.29) is 29.3 Å². The standard InChI is InChI=1S/C14H14N4O5S/c15-11(19)8-1-2-9(10(5-8)18(22)23)6-17-12(20)14(16-13(17)21)3-4-24-7-14/h1-2,5H,3-4,6-7H2,(H2,15,19)(H,16,21). The van der Waals surface area contributed by atoms with Crippen LogP contribution in [0.15, 0.2) is 18.2 Å². The smallest absolute Gasteiger partial charge is 0.325 e. The summed E-state index contributed by atoms with van der Waals surface area (Å²) in [6, 6.07) is 3.17. The summed E-state index contributed by atoms with van der Waals surface area (Å²) in [5.74, 6) is 0.108. The number of nitro benzene ring substituents is 1. The van der Waals surface area contributed by atoms with Gasteiger partial charge in [-0.15, -0.1) is 0 Å². The number of urea groups is 1. The van der Waals surface area contributed by atoms with Gasteiger partial charge in [-0.05, 0) is 24.3 Å². The van der Waals surface area contributed by atoms with Crippen molar-refractivity contribution >= 4 is 35.3 Å². The van der Waals surface area contributed by atoms with Gasteiger partial charge < -0.3 is 11.1 Å². The molecule has 10 heteroatoms. The number of hydrogen-bond donors (Lipinski definition) is 2. The summed E-state index contributed by atoms with van der Waals surface area (Å²) in [5.41, 5.74) is 4.03. The maximum atomic E-state index is 12.6. The second kappa shape index (κ2) is 5.78. The lowest BCUT2D eigenvalue weighted by atomic mass is 9.99. The Morgan fingerprint density at radius 3 is 2.79 bits per heavy atom. The van der Waals surface area contributed by atoms with Gasteiger partial charge in [0.2, 0.25) is 5.91 Å². The monoisotopic (exact) mass is 350 g/mol. The minimum absolute atomic E-state index is 0.00804. The number of benzene rings is 1. The highest BCUT2D eigenvalue weighted by Crippen LogP contribution is 2.34. The summed E-state index contributed by atoms with van der Waals surface area (Å²) in [5, 5.41) is 13.9. The van der Waals surface area contributed by atoms with Crippen molar-refractivity contribution in [2.75, 3.05) is 11.5 Å². The Labute approximate surface area is 140 Å². The third-order valence-electron chi connectivity index (χ3n) is 4.16. The fraction of sp³-hybridized carbons (Fsp3) is 0.357. The number of imide groups is 1. The summed E-state index contributed by atoms with van der Waals surface area (Å²) in [6.07, 6.45) is 0.543. The molecule has 4 amide bonds. The van der Waals surface area contributed by atoms with E-state index in [1.54, 1.807) is 11.8 Å². The van der Waals surface area contributed by atoms with Gasteiger partial charge in [0.1, 0.15) is 5.54 Å². The summed E-state index contributed by atoms with van der Waals surface area (Å²) >= 11 is 1.58. The molecule has 2 aliphatic heterocycles. The first-order valence-electron chi connectivity index (χ1n) is 7.13. The molecule has 3 N–H and O–H groups in total. The number of rotatable bonds is 4. The van der Waals surface area contributed by atoms with Crippen LogP contribution in [0.3, 0.4) is 0 Å². The molecule has 1 spiro atoms. The maximum absolute atomic E-state index is 12.6. The third-order valence-corrected chi connectivity index (χ3v) is 5.35. The summed E-state index contributed by atoms with van der Waals surface area (Å²) in [4.78, 5) is 47.5. The summed E-state index contributed by atoms with van der Waals surface area (Å²) in [6.45, 7) is -0.230. The normalized spacial score (nSPS) is 22.9. The van der Waals surface area contributed by atoms with Gasteiger partial charge in [-0.25, -0.2) is 4.79 Å². The van der Waals surface area contributed by atoms with Gasteiger partial charge in [0, 0.05) is 22.9 Å². The van der Waals surface area contributed by atoms with E-state index in [1.165, 1.54) is 12.1 Å². The zero-order valence-electron chi connectivity index (χ0n) is 12.5. The molecule has 0 saturated carbocycles. The number of thioether (sulfide) groups is 1. The molecule has 2 heterocycles. The molecule has 2 saturated heterocycles. The van der Waals surface area contributed by atoms with Crippen LogP contribution < -0.4 is 11.1 Å². The van der Waals surface area contributed by atoms with E-state index < -0.39 is 22.4 Å². The quantitative estimate of drug-likeness (QED) is 0.464. The van der Waals surface area contributed by atoms with Gasteiger partial charge in [-0.1, -0.05) is 0 Å². The molecule has 126 valence electrons. The Balaban J connectivity index is 1.91. The molecular formula is C14H14N4O5S. The zero-order chi connectivity index (χ0) is 17.5. The largest absolute Gasteiger partial charge is 0.366 e. The number of carbonyl (C=O) groups is 3. The Kier molecular flexibility index (Phi) is 3.91. The van der Waals surface area contributed by atoms with E-state index in [1.807, 2.05) is 0 Å². The molecule has 2 aliphatic rings. The minimum atomic E-state index is -0.899. The lowest BCUT2D eigenvalue weighted by Crippen LogP contribution is -2.46. The van der Waals surface area contributed by atoms with Crippen LogP contribution >= 0.6 is 11.8 Å². The van der Waals surface area contributed by atoms with Crippen molar-refractivity contribution < 1.29 is 19.3 Å². The van der Waals surface area contributed by atoms with Crippen LogP contribution in [0, 0.1) is 10.1 Å². The third kappa shape index (κ3) is 2.58. The lowest BCUT2D eigenvalue weighted by molar-refractivity contribution is -0.385. The van der Waals surface area contributed by atoms with E-state index >= 15 is 0 Å². The molecule has 0 aromatic heterocycles. The van der Waals surface area contributed by atoms with Gasteiger partial charge >= 0.3 is 6.03 Å². The summed E-state index contributed by atoms with van der Waals surface area (Å²) < 4.78 is 0. The first kappa shape index (κ1) is 16.2. The highest BCUT2D eigenvalue weighted by Gasteiger charge is 2.53. The molecule has 24 heavy (non-hydrogen) atoms. The van der Waals surface area contributed by atoms with E-state index in [4.69, 9.17) is 5.73 Å². The number of amides is 4. The first-order valence-corrected chi connectivity index (χ1v) is 8.28. The van der Waals surface area contributed by atoms with Crippen molar-refractivity contribution in [2.24, 2.45) is 5.73 Å². The Morgan fingerprint density at radius 2 is 2.21 bits per heavy atom. The fourth-order valence-corrected chi connectivity index (χ4v) is 4.17. The van der Waals surface area contributed by atoms with Crippen molar-refractivity contribution in [1.29, 1.82) is 0 Å². The molecule has 0 aliphatic carbocycles. The Bertz CT molecular complexity index is 760. The fourth-order valence-electron chi connectivity index (χ4n) is 2.84. The second-order valence-corrected chi connectivity index (χ2v) is 6.78. The predicted molar refractivity (Wildman–Crippen MR) is 85.4 cm³/mol. The van der Waals surface area contributed by atoms with Crippen LogP contribution in [-0.2, 0) is 11.3 Å². The number of nitrogens with one attached hydrogen (secondary N) is 1. The molecule has 2 fully saturated rings. The van der Waals surface area contributed by atoms with E-state index in [0.717, 1.165) is 16.7 Å². The molecule has 9 nitrogen and oxygen atoms in total. The van der Waals surface area contributed by atoms with E-state index in [2.05, 4.69) is 5.32 Å². The molecule has 1 atom stereocenters. The van der Waals surface area contributed by atoms with Gasteiger partial charge in [-0.2, -0.15) is 11.8 Å². The van der Waals surface area contributed by atoms with Crippen LogP contribution in [0.1, 0.15) is 22.3 Å². The topological polar surface area (TPSA) is 136 Å². The van der Waals surface area contributed by atoms with Gasteiger partial charge in [-0.3, -0.25) is 24.6 Å². The molecular weight excluding hydrogens is 336 g/mol. The van der Waals surface area contributed by atoms with Crippen LogP contribution in [0.4, 0.5) is 10.5 Å². The SMILES string of the molecule is NC(=O)c1ccc(CN2C(=O)NC3(CCSC3)C2=O)c([N+](=O)[O-])c1. The first-order chi connectivity index (χ1) is 11.3. The second-order valence-electron chi connectivity index (χ2n) is 5.67. The molecule has 1 aromatic carbocycles. The van der Waals surface area contributed by atoms with Crippen molar-refractivity contribution in [3.05, 3.63) is 39.4 Å². The van der Waals surface area contributed by atoms with Gasteiger partial charge in [0.15, 0.2) is 0 Å². The average Bonchev–Trinajstić information content (AvgIpc) is 3.08. The van der Waals surface area contributed by atoms with Gasteiger partial charge in [0.05, 0.1) is 11.5 Å². The lowest BCUT2D eigenvalue weighted by Gasteiger charge is -2.19. The Morgan fingerprint density at radius 1 is 1.46 bits per heavy atom. The van der Waals surface area contributed by atoms with Gasteiger partial charge in [0.25, 0.3) is 11.6 Å². The maximum Gasteiger partial charge on any atom is 0.325 e. The highest BCUT2D eigenvalue weighted by atomic mass is 32.2. The minimum Gasteiger partial charge on any atom is -0.366 e. The van der Waals surface area contributed by atoms with Crippen LogP contribution in [0.5, 0.6) is 0 Å². The van der Waals surface area contributed by atoms with Crippen LogP contribution in [0.2, 0.25) is 0 Å². The number of carbonyl (C=O) groups excluding carboxylic acids is 3. The number of hydrogen-bond acceptors (Lipinski definition) is 6. The number of nitrogens with two attached hydrogens (primary N) is 1. The Hall–Kier alpha value is -2.62. The number of nitro groups is 1. The zero-order valence-corrected chi connectivity index (χ0v) is 13.3. The number of nitrogens with zero attached hydrogens (tertiary/aromatic N) is 2. The summed E-state index contributed by atoms with van der Waals surface area (Å²) in [7, 11) is 0. The predicted octanol–water partition coefficient (Wildman–Crippen LogP) is 0.621. The van der Waals surface area contributed by atoms with Crippen molar-refractivity contribution in [2.45, 2.75) is 18.5 Å². The highest BCUT2D eigenvalue weighted by molar-refractivity contribution is 7.99. The molecule has 0 radical (unpaired) electrons. The molecule has 1 aromatic rings. The van der Waals surface area contributed by atoms with E-state index in [9.17, 15) is 24.5 Å². The average molecular weight is 350 g/mol. The number of primary amides is 1. The van der Waals surface area contributed by atoms with Crippen molar-refractivity contribution in [1.82, 2.24) is 10.2 Å². The van der Waals surface area contributed by atoms with Crippen molar-refractivity contribution in [3.8, 4) is 0 Å². The molecule has 1 unspecified atom stereocenters. The van der Waals surface area contributed by atoms with E-state index in [0.29, 0.717) is 12.2 Å². The van der Waals surface area contributed by atoms with Crippen molar-refractivity contribution in [3.63, 3.8) is 0 Å². The van der Waals surface area contributed by atoms with Crippen LogP contribution in [-0.4, -0.2) is 44.7 Å². The van der Waals surface area contributed by atoms with Crippen LogP contribution in [0.25, 0.3) is 0 Å². The molecule has 3 rings (SSSR count).